The van der Waals surface area contributed by atoms with Crippen LogP contribution in [-0.4, -0.2) is 63.9 Å². The zero-order chi connectivity index (χ0) is 24.1. The molecule has 0 aromatic rings. The molecular formula is C26H50O6. The second-order valence-electron chi connectivity index (χ2n) is 9.50. The van der Waals surface area contributed by atoms with E-state index in [2.05, 4.69) is 34.3 Å². The minimum Gasteiger partial charge on any atom is -0.463 e. The van der Waals surface area contributed by atoms with Crippen LogP contribution >= 0.6 is 0 Å². The lowest BCUT2D eigenvalue weighted by Gasteiger charge is -2.26. The summed E-state index contributed by atoms with van der Waals surface area (Å²) < 4.78 is 27.8. The third-order valence-electron chi connectivity index (χ3n) is 5.46. The topological polar surface area (TPSA) is 63.2 Å². The molecule has 0 unspecified atom stereocenters. The van der Waals surface area contributed by atoms with E-state index >= 15 is 0 Å². The lowest BCUT2D eigenvalue weighted by atomic mass is 10.0. The second kappa shape index (κ2) is 19.5. The molecule has 32 heavy (non-hydrogen) atoms. The molecule has 0 bridgehead atoms. The summed E-state index contributed by atoms with van der Waals surface area (Å²) in [4.78, 5) is 10.9. The van der Waals surface area contributed by atoms with Crippen LogP contribution in [0.3, 0.4) is 0 Å². The molecule has 0 spiro atoms. The van der Waals surface area contributed by atoms with Gasteiger partial charge >= 0.3 is 5.97 Å². The molecule has 0 saturated heterocycles. The summed E-state index contributed by atoms with van der Waals surface area (Å²) in [6.07, 6.45) is 11.4. The molecule has 0 aliphatic rings. The van der Waals surface area contributed by atoms with Gasteiger partial charge in [-0.2, -0.15) is 0 Å². The number of hydrogen-bond acceptors (Lipinski definition) is 6. The highest BCUT2D eigenvalue weighted by Crippen LogP contribution is 2.20. The Bertz CT molecular complexity index is 461. The third-order valence-corrected chi connectivity index (χ3v) is 5.46. The molecule has 0 rings (SSSR count). The maximum absolute atomic E-state index is 10.9. The summed E-state index contributed by atoms with van der Waals surface area (Å²) in [5, 5.41) is 0. The van der Waals surface area contributed by atoms with Crippen molar-refractivity contribution in [1.29, 1.82) is 0 Å². The lowest BCUT2D eigenvalue weighted by molar-refractivity contribution is -0.137. The molecule has 0 amide bonds. The molecule has 0 aromatic carbocycles. The van der Waals surface area contributed by atoms with Crippen LogP contribution in [0.4, 0.5) is 0 Å². The Morgan fingerprint density at radius 3 is 1.62 bits per heavy atom. The van der Waals surface area contributed by atoms with Crippen molar-refractivity contribution < 1.29 is 28.5 Å². The number of carbonyl (C=O) groups excluding carboxylic acids is 1. The van der Waals surface area contributed by atoms with Crippen molar-refractivity contribution in [3.05, 3.63) is 12.7 Å². The minimum absolute atomic E-state index is 0.0347. The maximum atomic E-state index is 10.9. The van der Waals surface area contributed by atoms with Crippen LogP contribution in [0.2, 0.25) is 0 Å². The Morgan fingerprint density at radius 1 is 0.688 bits per heavy atom. The first-order valence-electron chi connectivity index (χ1n) is 12.4. The Kier molecular flexibility index (Phi) is 18.9. The van der Waals surface area contributed by atoms with Crippen molar-refractivity contribution in [1.82, 2.24) is 0 Å². The molecule has 0 heterocycles. The van der Waals surface area contributed by atoms with Gasteiger partial charge in [0.2, 0.25) is 0 Å². The molecule has 0 atom stereocenters. The summed E-state index contributed by atoms with van der Waals surface area (Å²) in [6, 6.07) is 0. The predicted octanol–water partition coefficient (Wildman–Crippen LogP) is 5.87. The van der Waals surface area contributed by atoms with Gasteiger partial charge in [-0.15, -0.1) is 0 Å². The number of hydrogen-bond donors (Lipinski definition) is 0. The quantitative estimate of drug-likeness (QED) is 0.108. The van der Waals surface area contributed by atoms with Gasteiger partial charge in [-0.1, -0.05) is 6.58 Å². The first kappa shape index (κ1) is 31.0. The fourth-order valence-corrected chi connectivity index (χ4v) is 3.08. The maximum Gasteiger partial charge on any atom is 0.330 e. The first-order chi connectivity index (χ1) is 15.2. The van der Waals surface area contributed by atoms with Crippen molar-refractivity contribution in [2.75, 3.05) is 46.8 Å². The molecule has 0 fully saturated rings. The van der Waals surface area contributed by atoms with Gasteiger partial charge in [0, 0.05) is 46.2 Å². The fraction of sp³-hybridized carbons (Fsp3) is 0.885. The van der Waals surface area contributed by atoms with Gasteiger partial charge in [0.15, 0.2) is 0 Å². The van der Waals surface area contributed by atoms with Gasteiger partial charge in [-0.05, 0) is 91.9 Å². The summed E-state index contributed by atoms with van der Waals surface area (Å²) in [7, 11) is 1.77. The second-order valence-corrected chi connectivity index (χ2v) is 9.50. The van der Waals surface area contributed by atoms with Crippen LogP contribution in [0.15, 0.2) is 12.7 Å². The molecule has 0 N–H and O–H groups in total. The Balaban J connectivity index is 3.38. The molecule has 0 aliphatic carbocycles. The van der Waals surface area contributed by atoms with Crippen LogP contribution in [0.1, 0.15) is 91.9 Å². The average Bonchev–Trinajstić information content (AvgIpc) is 2.75. The van der Waals surface area contributed by atoms with Crippen LogP contribution in [0, 0.1) is 0 Å². The van der Waals surface area contributed by atoms with E-state index in [9.17, 15) is 4.79 Å². The van der Waals surface area contributed by atoms with Gasteiger partial charge in [-0.3, -0.25) is 0 Å². The smallest absolute Gasteiger partial charge is 0.330 e. The van der Waals surface area contributed by atoms with Gasteiger partial charge < -0.3 is 23.7 Å². The number of methoxy groups -OCH3 is 1. The van der Waals surface area contributed by atoms with Crippen molar-refractivity contribution in [3.8, 4) is 0 Å². The fourth-order valence-electron chi connectivity index (χ4n) is 3.08. The van der Waals surface area contributed by atoms with E-state index in [0.29, 0.717) is 13.2 Å². The van der Waals surface area contributed by atoms with Crippen molar-refractivity contribution in [2.24, 2.45) is 0 Å². The van der Waals surface area contributed by atoms with E-state index < -0.39 is 0 Å². The van der Waals surface area contributed by atoms with Crippen LogP contribution in [0.25, 0.3) is 0 Å². The zero-order valence-corrected chi connectivity index (χ0v) is 21.5. The van der Waals surface area contributed by atoms with E-state index in [4.69, 9.17) is 23.7 Å². The number of carbonyl (C=O) groups is 1. The summed E-state index contributed by atoms with van der Waals surface area (Å²) >= 11 is 0. The van der Waals surface area contributed by atoms with Gasteiger partial charge in [0.25, 0.3) is 0 Å². The van der Waals surface area contributed by atoms with Crippen molar-refractivity contribution >= 4 is 5.97 Å². The number of ether oxygens (including phenoxy) is 5. The molecule has 6 heteroatoms. The van der Waals surface area contributed by atoms with Gasteiger partial charge in [-0.25, -0.2) is 4.79 Å². The molecule has 0 aromatic heterocycles. The molecule has 0 saturated carbocycles. The molecule has 190 valence electrons. The Morgan fingerprint density at radius 2 is 1.12 bits per heavy atom. The molecular weight excluding hydrogens is 408 g/mol. The van der Waals surface area contributed by atoms with Gasteiger partial charge in [0.1, 0.15) is 0 Å². The van der Waals surface area contributed by atoms with E-state index in [1.54, 1.807) is 7.11 Å². The summed E-state index contributed by atoms with van der Waals surface area (Å²) in [5.74, 6) is -0.364. The van der Waals surface area contributed by atoms with Gasteiger partial charge in [0.05, 0.1) is 17.8 Å². The van der Waals surface area contributed by atoms with Crippen LogP contribution in [0.5, 0.6) is 0 Å². The molecule has 0 aliphatic heterocycles. The van der Waals surface area contributed by atoms with E-state index in [0.717, 1.165) is 90.6 Å². The van der Waals surface area contributed by atoms with E-state index in [-0.39, 0.29) is 17.2 Å². The minimum atomic E-state index is -0.364. The highest BCUT2D eigenvalue weighted by Gasteiger charge is 2.18. The van der Waals surface area contributed by atoms with E-state index in [1.807, 2.05) is 0 Å². The number of unbranched alkanes of at least 4 members (excludes halogenated alkanes) is 4. The SMILES string of the molecule is C=CC(=O)OCCCCOCCCCOCCCCC(C)(C)OCCCCC(C)(C)OC. The van der Waals surface area contributed by atoms with E-state index in [1.165, 1.54) is 6.08 Å². The molecule has 0 radical (unpaired) electrons. The Hall–Kier alpha value is -0.950. The lowest BCUT2D eigenvalue weighted by Crippen LogP contribution is -2.26. The Labute approximate surface area is 197 Å². The predicted molar refractivity (Wildman–Crippen MR) is 130 cm³/mol. The number of esters is 1. The largest absolute Gasteiger partial charge is 0.463 e. The van der Waals surface area contributed by atoms with Crippen molar-refractivity contribution in [3.63, 3.8) is 0 Å². The zero-order valence-electron chi connectivity index (χ0n) is 21.5. The highest BCUT2D eigenvalue weighted by molar-refractivity contribution is 5.81. The highest BCUT2D eigenvalue weighted by atomic mass is 16.5. The van der Waals surface area contributed by atoms with Crippen LogP contribution in [-0.2, 0) is 28.5 Å². The molecule has 6 nitrogen and oxygen atoms in total. The first-order valence-corrected chi connectivity index (χ1v) is 12.4. The summed E-state index contributed by atoms with van der Waals surface area (Å²) in [5.41, 5.74) is -0.103. The normalized spacial score (nSPS) is 12.2. The number of rotatable bonds is 23. The standard InChI is InChI=1S/C26H50O6/c1-7-24(27)31-22-15-14-21-30-20-13-12-19-29-18-10-8-17-26(4,5)32-23-11-9-16-25(2,3)28-6/h7H,1,8-23H2,2-6H3. The van der Waals surface area contributed by atoms with Crippen LogP contribution < -0.4 is 0 Å². The summed E-state index contributed by atoms with van der Waals surface area (Å²) in [6.45, 7) is 16.3. The third kappa shape index (κ3) is 20.9. The van der Waals surface area contributed by atoms with Crippen molar-refractivity contribution in [2.45, 2.75) is 103 Å². The monoisotopic (exact) mass is 458 g/mol. The average molecular weight is 459 g/mol.